The lowest BCUT2D eigenvalue weighted by Crippen LogP contribution is -2.34. The fourth-order valence-electron chi connectivity index (χ4n) is 1.89. The van der Waals surface area contributed by atoms with Gasteiger partial charge in [0.1, 0.15) is 6.61 Å². The molecule has 0 radical (unpaired) electrons. The summed E-state index contributed by atoms with van der Waals surface area (Å²) in [5.41, 5.74) is 1.22. The van der Waals surface area contributed by atoms with Gasteiger partial charge in [0.15, 0.2) is 11.6 Å². The molecule has 1 aromatic carbocycles. The van der Waals surface area contributed by atoms with E-state index in [-0.39, 0.29) is 11.4 Å². The summed E-state index contributed by atoms with van der Waals surface area (Å²) in [5.74, 6) is -0.0162. The molecule has 1 heterocycles. The second-order valence-corrected chi connectivity index (χ2v) is 7.46. The van der Waals surface area contributed by atoms with Crippen LogP contribution in [0.2, 0.25) is 0 Å². The molecule has 0 atom stereocenters. The molecule has 0 aliphatic rings. The predicted molar refractivity (Wildman–Crippen MR) is 86.4 cm³/mol. The van der Waals surface area contributed by atoms with E-state index in [1.54, 1.807) is 29.5 Å². The van der Waals surface area contributed by atoms with Gasteiger partial charge in [-0.15, -0.1) is 11.3 Å². The van der Waals surface area contributed by atoms with E-state index < -0.39 is 0 Å². The van der Waals surface area contributed by atoms with E-state index >= 15 is 0 Å². The molecule has 0 spiro atoms. The lowest BCUT2D eigenvalue weighted by atomic mass is 10.1. The van der Waals surface area contributed by atoms with Crippen LogP contribution in [0.25, 0.3) is 0 Å². The maximum absolute atomic E-state index is 13.5. The number of hydrogen-bond donors (Lipinski definition) is 1. The van der Waals surface area contributed by atoms with Crippen molar-refractivity contribution in [1.29, 1.82) is 0 Å². The molecule has 0 amide bonds. The molecule has 2 rings (SSSR count). The largest absolute Gasteiger partial charge is 0.486 e. The fraction of sp³-hybridized carbons (Fsp3) is 0.412. The highest BCUT2D eigenvalue weighted by molar-refractivity contribution is 7.12. The van der Waals surface area contributed by atoms with Gasteiger partial charge in [-0.05, 0) is 45.9 Å². The Kier molecular flexibility index (Phi) is 5.01. The number of benzene rings is 1. The Morgan fingerprint density at radius 1 is 1.24 bits per heavy atom. The third-order valence-corrected chi connectivity index (χ3v) is 4.18. The first kappa shape index (κ1) is 16.0. The Labute approximate surface area is 130 Å². The molecule has 0 saturated carbocycles. The van der Waals surface area contributed by atoms with E-state index in [9.17, 15) is 4.39 Å². The van der Waals surface area contributed by atoms with Crippen LogP contribution in [0.3, 0.4) is 0 Å². The number of nitrogens with one attached hydrogen (secondary N) is 1. The number of aryl methyl sites for hydroxylation is 1. The van der Waals surface area contributed by atoms with Crippen LogP contribution >= 0.6 is 11.3 Å². The van der Waals surface area contributed by atoms with Crippen molar-refractivity contribution in [2.24, 2.45) is 0 Å². The summed E-state index contributed by atoms with van der Waals surface area (Å²) in [7, 11) is 0. The Morgan fingerprint density at radius 3 is 2.62 bits per heavy atom. The van der Waals surface area contributed by atoms with Crippen LogP contribution in [-0.2, 0) is 13.2 Å². The van der Waals surface area contributed by atoms with Crippen molar-refractivity contribution in [1.82, 2.24) is 5.32 Å². The SMILES string of the molecule is Cc1sc(CNC(C)(C)C)cc1COc1ccccc1F. The molecule has 2 aromatic rings. The van der Waals surface area contributed by atoms with Crippen molar-refractivity contribution in [2.75, 3.05) is 0 Å². The standard InChI is InChI=1S/C17H22FNOS/c1-12-13(9-14(21-12)10-19-17(2,3)4)11-20-16-8-6-5-7-15(16)18/h5-9,19H,10-11H2,1-4H3. The van der Waals surface area contributed by atoms with Crippen molar-refractivity contribution in [3.05, 3.63) is 51.5 Å². The zero-order chi connectivity index (χ0) is 15.5. The van der Waals surface area contributed by atoms with Gasteiger partial charge in [0, 0.05) is 27.4 Å². The average molecular weight is 307 g/mol. The molecule has 0 bridgehead atoms. The second-order valence-electron chi connectivity index (χ2n) is 6.12. The van der Waals surface area contributed by atoms with Gasteiger partial charge < -0.3 is 10.1 Å². The molecule has 21 heavy (non-hydrogen) atoms. The van der Waals surface area contributed by atoms with Gasteiger partial charge in [0.25, 0.3) is 0 Å². The predicted octanol–water partition coefficient (Wildman–Crippen LogP) is 4.66. The molecule has 1 aromatic heterocycles. The third-order valence-electron chi connectivity index (χ3n) is 3.08. The van der Waals surface area contributed by atoms with Gasteiger partial charge >= 0.3 is 0 Å². The third kappa shape index (κ3) is 4.83. The highest BCUT2D eigenvalue weighted by Gasteiger charge is 2.12. The lowest BCUT2D eigenvalue weighted by molar-refractivity contribution is 0.290. The minimum Gasteiger partial charge on any atom is -0.486 e. The number of thiophene rings is 1. The molecule has 0 fully saturated rings. The van der Waals surface area contributed by atoms with Gasteiger partial charge in [0.05, 0.1) is 0 Å². The summed E-state index contributed by atoms with van der Waals surface area (Å²) in [5, 5.41) is 3.47. The summed E-state index contributed by atoms with van der Waals surface area (Å²) in [6.07, 6.45) is 0. The van der Waals surface area contributed by atoms with Gasteiger partial charge in [-0.3, -0.25) is 0 Å². The summed E-state index contributed by atoms with van der Waals surface area (Å²) in [6, 6.07) is 8.64. The lowest BCUT2D eigenvalue weighted by Gasteiger charge is -2.19. The summed E-state index contributed by atoms with van der Waals surface area (Å²) in [4.78, 5) is 2.49. The van der Waals surface area contributed by atoms with Crippen molar-refractivity contribution < 1.29 is 9.13 Å². The Balaban J connectivity index is 1.98. The molecule has 1 N–H and O–H groups in total. The molecule has 0 aliphatic heterocycles. The monoisotopic (exact) mass is 307 g/mol. The van der Waals surface area contributed by atoms with E-state index in [1.807, 2.05) is 0 Å². The second kappa shape index (κ2) is 6.58. The molecule has 0 aliphatic carbocycles. The van der Waals surface area contributed by atoms with Crippen molar-refractivity contribution >= 4 is 11.3 Å². The van der Waals surface area contributed by atoms with Crippen LogP contribution in [0.1, 0.15) is 36.1 Å². The Bertz CT molecular complexity index is 601. The van der Waals surface area contributed by atoms with E-state index in [2.05, 4.69) is 39.1 Å². The minimum absolute atomic E-state index is 0.0989. The highest BCUT2D eigenvalue weighted by Crippen LogP contribution is 2.24. The average Bonchev–Trinajstić information content (AvgIpc) is 2.75. The van der Waals surface area contributed by atoms with Crippen molar-refractivity contribution in [3.63, 3.8) is 0 Å². The minimum atomic E-state index is -0.319. The first-order valence-electron chi connectivity index (χ1n) is 7.06. The van der Waals surface area contributed by atoms with E-state index in [0.717, 1.165) is 12.1 Å². The molecule has 0 unspecified atom stereocenters. The Morgan fingerprint density at radius 2 is 1.95 bits per heavy atom. The van der Waals surface area contributed by atoms with Gasteiger partial charge in [-0.1, -0.05) is 12.1 Å². The molecule has 2 nitrogen and oxygen atoms in total. The van der Waals surface area contributed by atoms with Crippen LogP contribution < -0.4 is 10.1 Å². The molecule has 4 heteroatoms. The van der Waals surface area contributed by atoms with Crippen LogP contribution in [-0.4, -0.2) is 5.54 Å². The molecular weight excluding hydrogens is 285 g/mol. The van der Waals surface area contributed by atoms with Crippen LogP contribution in [0.5, 0.6) is 5.75 Å². The van der Waals surface area contributed by atoms with Gasteiger partial charge in [0.2, 0.25) is 0 Å². The molecule has 0 saturated heterocycles. The Hall–Kier alpha value is -1.39. The molecule has 114 valence electrons. The van der Waals surface area contributed by atoms with Gasteiger partial charge in [-0.25, -0.2) is 4.39 Å². The summed E-state index contributed by atoms with van der Waals surface area (Å²) >= 11 is 1.76. The summed E-state index contributed by atoms with van der Waals surface area (Å²) < 4.78 is 19.1. The van der Waals surface area contributed by atoms with E-state index in [0.29, 0.717) is 12.4 Å². The van der Waals surface area contributed by atoms with E-state index in [1.165, 1.54) is 15.8 Å². The van der Waals surface area contributed by atoms with Crippen LogP contribution in [0.15, 0.2) is 30.3 Å². The summed E-state index contributed by atoms with van der Waals surface area (Å²) in [6.45, 7) is 9.76. The topological polar surface area (TPSA) is 21.3 Å². The molecular formula is C17H22FNOS. The number of ether oxygens (including phenoxy) is 1. The smallest absolute Gasteiger partial charge is 0.165 e. The maximum Gasteiger partial charge on any atom is 0.165 e. The number of halogens is 1. The number of hydrogen-bond acceptors (Lipinski definition) is 3. The van der Waals surface area contributed by atoms with E-state index in [4.69, 9.17) is 4.74 Å². The normalized spacial score (nSPS) is 11.7. The van der Waals surface area contributed by atoms with Crippen molar-refractivity contribution in [2.45, 2.75) is 46.4 Å². The number of para-hydroxylation sites is 1. The van der Waals surface area contributed by atoms with Crippen molar-refractivity contribution in [3.8, 4) is 5.75 Å². The fourth-order valence-corrected chi connectivity index (χ4v) is 2.88. The first-order valence-corrected chi connectivity index (χ1v) is 7.87. The highest BCUT2D eigenvalue weighted by atomic mass is 32.1. The zero-order valence-corrected chi connectivity index (χ0v) is 13.8. The number of rotatable bonds is 5. The maximum atomic E-state index is 13.5. The first-order chi connectivity index (χ1) is 9.85. The van der Waals surface area contributed by atoms with Gasteiger partial charge in [-0.2, -0.15) is 0 Å². The van der Waals surface area contributed by atoms with Crippen LogP contribution in [0, 0.1) is 12.7 Å². The zero-order valence-electron chi connectivity index (χ0n) is 13.0. The van der Waals surface area contributed by atoms with Crippen LogP contribution in [0.4, 0.5) is 4.39 Å². The quantitative estimate of drug-likeness (QED) is 0.867.